The van der Waals surface area contributed by atoms with Crippen LogP contribution in [0, 0.1) is 17.8 Å². The standard InChI is InChI=1S/C16H30N2/c1-2-15-8-11-18(10-3-9-17-15)12-16(13-4-5-13)14-6-7-14/h13-17H,2-12H2,1H3. The summed E-state index contributed by atoms with van der Waals surface area (Å²) >= 11 is 0. The Hall–Kier alpha value is -0.0800. The molecule has 18 heavy (non-hydrogen) atoms. The molecule has 0 aromatic carbocycles. The third-order valence-corrected chi connectivity index (χ3v) is 5.29. The molecule has 0 aromatic rings. The van der Waals surface area contributed by atoms with Crippen LogP contribution in [0.4, 0.5) is 0 Å². The molecule has 2 nitrogen and oxygen atoms in total. The van der Waals surface area contributed by atoms with Crippen molar-refractivity contribution >= 4 is 0 Å². The van der Waals surface area contributed by atoms with Crippen LogP contribution in [-0.4, -0.2) is 37.1 Å². The van der Waals surface area contributed by atoms with Crippen molar-refractivity contribution in [2.45, 2.75) is 57.9 Å². The Morgan fingerprint density at radius 1 is 1.06 bits per heavy atom. The minimum Gasteiger partial charge on any atom is -0.314 e. The fraction of sp³-hybridized carbons (Fsp3) is 1.00. The molecule has 1 N–H and O–H groups in total. The van der Waals surface area contributed by atoms with E-state index in [1.807, 2.05) is 0 Å². The van der Waals surface area contributed by atoms with Gasteiger partial charge in [0.05, 0.1) is 0 Å². The maximum Gasteiger partial charge on any atom is 0.00766 e. The van der Waals surface area contributed by atoms with Gasteiger partial charge >= 0.3 is 0 Å². The zero-order chi connectivity index (χ0) is 12.4. The van der Waals surface area contributed by atoms with Gasteiger partial charge in [0.2, 0.25) is 0 Å². The topological polar surface area (TPSA) is 15.3 Å². The minimum atomic E-state index is 0.771. The molecule has 104 valence electrons. The number of nitrogens with zero attached hydrogens (tertiary/aromatic N) is 1. The monoisotopic (exact) mass is 250 g/mol. The Morgan fingerprint density at radius 2 is 1.78 bits per heavy atom. The van der Waals surface area contributed by atoms with E-state index in [0.29, 0.717) is 0 Å². The first-order valence-corrected chi connectivity index (χ1v) is 8.32. The van der Waals surface area contributed by atoms with Crippen LogP contribution >= 0.6 is 0 Å². The van der Waals surface area contributed by atoms with E-state index in [-0.39, 0.29) is 0 Å². The summed E-state index contributed by atoms with van der Waals surface area (Å²) in [6.45, 7) is 7.64. The van der Waals surface area contributed by atoms with Crippen molar-refractivity contribution in [3.05, 3.63) is 0 Å². The van der Waals surface area contributed by atoms with Crippen LogP contribution in [0.5, 0.6) is 0 Å². The van der Waals surface area contributed by atoms with Gasteiger partial charge in [0.25, 0.3) is 0 Å². The summed E-state index contributed by atoms with van der Waals surface area (Å²) in [6.07, 6.45) is 10.1. The SMILES string of the molecule is CCC1CCN(CC(C2CC2)C2CC2)CCCN1. The predicted molar refractivity (Wildman–Crippen MR) is 76.7 cm³/mol. The Kier molecular flexibility index (Phi) is 4.25. The van der Waals surface area contributed by atoms with Crippen LogP contribution in [0.1, 0.15) is 51.9 Å². The van der Waals surface area contributed by atoms with Crippen molar-refractivity contribution in [3.63, 3.8) is 0 Å². The molecule has 1 heterocycles. The summed E-state index contributed by atoms with van der Waals surface area (Å²) in [5.41, 5.74) is 0. The smallest absolute Gasteiger partial charge is 0.00766 e. The maximum absolute atomic E-state index is 3.69. The van der Waals surface area contributed by atoms with Crippen LogP contribution in [0.15, 0.2) is 0 Å². The summed E-state index contributed by atoms with van der Waals surface area (Å²) in [5.74, 6) is 3.29. The lowest BCUT2D eigenvalue weighted by atomic mass is 9.96. The van der Waals surface area contributed by atoms with Gasteiger partial charge < -0.3 is 10.2 Å². The second-order valence-electron chi connectivity index (χ2n) is 6.84. The molecular weight excluding hydrogens is 220 g/mol. The molecule has 3 aliphatic rings. The van der Waals surface area contributed by atoms with Crippen LogP contribution in [0.2, 0.25) is 0 Å². The van der Waals surface area contributed by atoms with E-state index in [4.69, 9.17) is 0 Å². The molecule has 2 aliphatic carbocycles. The van der Waals surface area contributed by atoms with Gasteiger partial charge in [0.1, 0.15) is 0 Å². The second kappa shape index (κ2) is 5.92. The second-order valence-corrected chi connectivity index (χ2v) is 6.84. The molecule has 1 atom stereocenters. The maximum atomic E-state index is 3.69. The first-order valence-electron chi connectivity index (χ1n) is 8.32. The minimum absolute atomic E-state index is 0.771. The molecule has 1 aliphatic heterocycles. The van der Waals surface area contributed by atoms with E-state index in [1.165, 1.54) is 71.1 Å². The number of rotatable bonds is 5. The Bertz CT molecular complexity index is 246. The molecular formula is C16H30N2. The average molecular weight is 250 g/mol. The normalized spacial score (nSPS) is 31.3. The summed E-state index contributed by atoms with van der Waals surface area (Å²) < 4.78 is 0. The third kappa shape index (κ3) is 3.48. The van der Waals surface area contributed by atoms with Crippen molar-refractivity contribution < 1.29 is 0 Å². The van der Waals surface area contributed by atoms with Crippen LogP contribution in [0.3, 0.4) is 0 Å². The Morgan fingerprint density at radius 3 is 2.39 bits per heavy atom. The van der Waals surface area contributed by atoms with E-state index < -0.39 is 0 Å². The molecule has 3 fully saturated rings. The number of nitrogens with one attached hydrogen (secondary N) is 1. The van der Waals surface area contributed by atoms with Crippen LogP contribution < -0.4 is 5.32 Å². The van der Waals surface area contributed by atoms with Gasteiger partial charge in [-0.15, -0.1) is 0 Å². The number of hydrogen-bond donors (Lipinski definition) is 1. The zero-order valence-electron chi connectivity index (χ0n) is 12.0. The molecule has 1 saturated heterocycles. The fourth-order valence-corrected chi connectivity index (χ4v) is 3.72. The number of hydrogen-bond acceptors (Lipinski definition) is 2. The van der Waals surface area contributed by atoms with Crippen LogP contribution in [0.25, 0.3) is 0 Å². The van der Waals surface area contributed by atoms with Crippen molar-refractivity contribution in [2.24, 2.45) is 17.8 Å². The van der Waals surface area contributed by atoms with Crippen molar-refractivity contribution in [3.8, 4) is 0 Å². The highest BCUT2D eigenvalue weighted by Gasteiger charge is 2.41. The van der Waals surface area contributed by atoms with E-state index in [2.05, 4.69) is 17.1 Å². The van der Waals surface area contributed by atoms with Crippen LogP contribution in [-0.2, 0) is 0 Å². The van der Waals surface area contributed by atoms with Gasteiger partial charge in [-0.05, 0) is 82.3 Å². The largest absolute Gasteiger partial charge is 0.314 e. The molecule has 3 rings (SSSR count). The predicted octanol–water partition coefficient (Wildman–Crippen LogP) is 2.89. The molecule has 0 spiro atoms. The summed E-state index contributed by atoms with van der Waals surface area (Å²) in [5, 5.41) is 3.69. The molecule has 0 amide bonds. The van der Waals surface area contributed by atoms with Gasteiger partial charge in [0.15, 0.2) is 0 Å². The molecule has 1 unspecified atom stereocenters. The Balaban J connectivity index is 1.50. The highest BCUT2D eigenvalue weighted by atomic mass is 15.1. The third-order valence-electron chi connectivity index (χ3n) is 5.29. The van der Waals surface area contributed by atoms with Gasteiger partial charge in [-0.3, -0.25) is 0 Å². The van der Waals surface area contributed by atoms with E-state index in [1.54, 1.807) is 0 Å². The molecule has 2 heteroatoms. The first kappa shape index (κ1) is 12.9. The lowest BCUT2D eigenvalue weighted by molar-refractivity contribution is 0.180. The summed E-state index contributed by atoms with van der Waals surface area (Å²) in [4.78, 5) is 2.80. The summed E-state index contributed by atoms with van der Waals surface area (Å²) in [6, 6.07) is 0.771. The van der Waals surface area contributed by atoms with Gasteiger partial charge in [-0.1, -0.05) is 6.92 Å². The van der Waals surface area contributed by atoms with E-state index >= 15 is 0 Å². The molecule has 0 bridgehead atoms. The molecule has 0 aromatic heterocycles. The van der Waals surface area contributed by atoms with Gasteiger partial charge in [-0.2, -0.15) is 0 Å². The lowest BCUT2D eigenvalue weighted by Gasteiger charge is -2.31. The fourth-order valence-electron chi connectivity index (χ4n) is 3.72. The quantitative estimate of drug-likeness (QED) is 0.807. The Labute approximate surface area is 113 Å². The molecule has 0 radical (unpaired) electrons. The van der Waals surface area contributed by atoms with Crippen molar-refractivity contribution in [1.82, 2.24) is 10.2 Å². The highest BCUT2D eigenvalue weighted by Crippen LogP contribution is 2.49. The zero-order valence-corrected chi connectivity index (χ0v) is 12.0. The van der Waals surface area contributed by atoms with Crippen molar-refractivity contribution in [1.29, 1.82) is 0 Å². The summed E-state index contributed by atoms with van der Waals surface area (Å²) in [7, 11) is 0. The van der Waals surface area contributed by atoms with Gasteiger partial charge in [-0.25, -0.2) is 0 Å². The lowest BCUT2D eigenvalue weighted by Crippen LogP contribution is -2.41. The molecule has 2 saturated carbocycles. The van der Waals surface area contributed by atoms with E-state index in [9.17, 15) is 0 Å². The highest BCUT2D eigenvalue weighted by molar-refractivity contribution is 4.93. The van der Waals surface area contributed by atoms with Crippen molar-refractivity contribution in [2.75, 3.05) is 26.2 Å². The first-order chi connectivity index (χ1) is 8.86. The van der Waals surface area contributed by atoms with E-state index in [0.717, 1.165) is 23.8 Å². The van der Waals surface area contributed by atoms with Gasteiger partial charge in [0, 0.05) is 12.6 Å². The average Bonchev–Trinajstić information content (AvgIpc) is 3.22.